The second-order valence-corrected chi connectivity index (χ2v) is 6.72. The van der Waals surface area contributed by atoms with Crippen LogP contribution >= 0.6 is 11.3 Å². The first-order chi connectivity index (χ1) is 11.7. The Hall–Kier alpha value is -2.64. The quantitative estimate of drug-likeness (QED) is 0.875. The number of rotatable bonds is 3. The summed E-state index contributed by atoms with van der Waals surface area (Å²) in [5.74, 6) is 0.516. The molecule has 0 bridgehead atoms. The molecule has 1 aromatic carbocycles. The maximum Gasteiger partial charge on any atom is 0.187 e. The van der Waals surface area contributed by atoms with Crippen molar-refractivity contribution in [2.45, 2.75) is 12.1 Å². The summed E-state index contributed by atoms with van der Waals surface area (Å²) in [7, 11) is 0. The fourth-order valence-electron chi connectivity index (χ4n) is 3.30. The molecule has 0 saturated carbocycles. The van der Waals surface area contributed by atoms with Gasteiger partial charge in [0.15, 0.2) is 11.6 Å². The number of thiophene rings is 1. The Morgan fingerprint density at radius 1 is 1.33 bits per heavy atom. The number of fused-ring (bicyclic) bond motifs is 3. The van der Waals surface area contributed by atoms with Crippen molar-refractivity contribution in [1.82, 2.24) is 0 Å². The molecule has 0 aliphatic carbocycles. The van der Waals surface area contributed by atoms with Crippen LogP contribution in [0.25, 0.3) is 5.57 Å². The standard InChI is InChI=1S/C17H12N4O2S/c22-14-7-21(10-3-4-24-8-10)15(14)16(23)9-1-2-13-11(5-9)12-6-18-20-17(12)19-13/h1-6,8,14-15,22H,7H2. The van der Waals surface area contributed by atoms with Gasteiger partial charge in [-0.05, 0) is 29.6 Å². The smallest absolute Gasteiger partial charge is 0.187 e. The van der Waals surface area contributed by atoms with Gasteiger partial charge in [0.05, 0.1) is 23.6 Å². The van der Waals surface area contributed by atoms with Crippen molar-refractivity contribution in [2.24, 2.45) is 15.2 Å². The van der Waals surface area contributed by atoms with E-state index in [9.17, 15) is 9.90 Å². The number of azo groups is 1. The minimum Gasteiger partial charge on any atom is -0.389 e. The van der Waals surface area contributed by atoms with Crippen LogP contribution in [0.3, 0.4) is 0 Å². The Morgan fingerprint density at radius 2 is 2.25 bits per heavy atom. The van der Waals surface area contributed by atoms with Crippen LogP contribution in [0, 0.1) is 0 Å². The van der Waals surface area contributed by atoms with Gasteiger partial charge in [0.1, 0.15) is 6.04 Å². The third kappa shape index (κ3) is 1.85. The predicted molar refractivity (Wildman–Crippen MR) is 92.2 cm³/mol. The number of nitrogens with zero attached hydrogens (tertiary/aromatic N) is 4. The summed E-state index contributed by atoms with van der Waals surface area (Å²) in [6.45, 7) is 0.480. The first-order valence-electron chi connectivity index (χ1n) is 7.58. The average Bonchev–Trinajstić information content (AvgIpc) is 3.28. The van der Waals surface area contributed by atoms with E-state index in [1.54, 1.807) is 23.6 Å². The van der Waals surface area contributed by atoms with E-state index in [1.807, 2.05) is 33.9 Å². The fraction of sp³-hybridized carbons (Fsp3) is 0.176. The highest BCUT2D eigenvalue weighted by Crippen LogP contribution is 2.39. The zero-order chi connectivity index (χ0) is 16.3. The second-order valence-electron chi connectivity index (χ2n) is 5.94. The number of aliphatic imine (C=N–C) groups is 1. The molecule has 1 N–H and O–H groups in total. The molecule has 0 spiro atoms. The lowest BCUT2D eigenvalue weighted by atomic mass is 9.89. The molecule has 4 heterocycles. The molecular weight excluding hydrogens is 324 g/mol. The number of Topliss-reactive ketones (excluding diaryl/α,β-unsaturated/α-hetero) is 1. The topological polar surface area (TPSA) is 77.6 Å². The zero-order valence-corrected chi connectivity index (χ0v) is 13.3. The first-order valence-corrected chi connectivity index (χ1v) is 8.52. The summed E-state index contributed by atoms with van der Waals surface area (Å²) in [6, 6.07) is 6.84. The summed E-state index contributed by atoms with van der Waals surface area (Å²) in [5, 5.41) is 21.9. The molecule has 1 saturated heterocycles. The van der Waals surface area contributed by atoms with E-state index in [2.05, 4.69) is 15.2 Å². The van der Waals surface area contributed by atoms with Crippen LogP contribution in [0.1, 0.15) is 15.9 Å². The number of amidine groups is 1. The van der Waals surface area contributed by atoms with Gasteiger partial charge in [0, 0.05) is 28.7 Å². The lowest BCUT2D eigenvalue weighted by Gasteiger charge is -2.45. The third-order valence-corrected chi connectivity index (χ3v) is 5.24. The monoisotopic (exact) mass is 336 g/mol. The van der Waals surface area contributed by atoms with Gasteiger partial charge in [-0.15, -0.1) is 5.11 Å². The molecule has 1 fully saturated rings. The molecule has 2 atom stereocenters. The van der Waals surface area contributed by atoms with Crippen molar-refractivity contribution in [1.29, 1.82) is 0 Å². The van der Waals surface area contributed by atoms with E-state index in [0.717, 1.165) is 22.5 Å². The number of β-amino-alcohol motifs (C(OH)–C–C–N with tert-alkyl or cyclic N) is 1. The van der Waals surface area contributed by atoms with Crippen LogP contribution in [0.4, 0.5) is 11.4 Å². The number of carbonyl (C=O) groups is 1. The minimum absolute atomic E-state index is 0.0799. The summed E-state index contributed by atoms with van der Waals surface area (Å²) in [4.78, 5) is 19.3. The third-order valence-electron chi connectivity index (χ3n) is 4.57. The van der Waals surface area contributed by atoms with Crippen molar-refractivity contribution < 1.29 is 9.90 Å². The second kappa shape index (κ2) is 4.93. The number of hydrogen-bond donors (Lipinski definition) is 1. The van der Waals surface area contributed by atoms with Gasteiger partial charge in [-0.1, -0.05) is 0 Å². The van der Waals surface area contributed by atoms with Crippen molar-refractivity contribution in [3.05, 3.63) is 52.4 Å². The van der Waals surface area contributed by atoms with Crippen LogP contribution in [0.5, 0.6) is 0 Å². The highest BCUT2D eigenvalue weighted by Gasteiger charge is 2.43. The Morgan fingerprint density at radius 3 is 3.04 bits per heavy atom. The lowest BCUT2D eigenvalue weighted by Crippen LogP contribution is -2.64. The van der Waals surface area contributed by atoms with E-state index in [-0.39, 0.29) is 5.78 Å². The molecular formula is C17H12N4O2S. The Bertz CT molecular complexity index is 946. The first kappa shape index (κ1) is 13.8. The number of aliphatic hydroxyl groups is 1. The Labute approximate surface area is 141 Å². The van der Waals surface area contributed by atoms with Gasteiger partial charge >= 0.3 is 0 Å². The molecule has 0 radical (unpaired) electrons. The lowest BCUT2D eigenvalue weighted by molar-refractivity contribution is 0.0638. The van der Waals surface area contributed by atoms with Crippen molar-refractivity contribution in [3.63, 3.8) is 0 Å². The molecule has 7 heteroatoms. The van der Waals surface area contributed by atoms with Gasteiger partial charge in [-0.25, -0.2) is 4.99 Å². The number of anilines is 1. The largest absolute Gasteiger partial charge is 0.389 e. The van der Waals surface area contributed by atoms with Gasteiger partial charge in [0.2, 0.25) is 0 Å². The predicted octanol–water partition coefficient (Wildman–Crippen LogP) is 3.03. The van der Waals surface area contributed by atoms with Gasteiger partial charge in [0.25, 0.3) is 0 Å². The summed E-state index contributed by atoms with van der Waals surface area (Å²) >= 11 is 1.58. The minimum atomic E-state index is -0.645. The summed E-state index contributed by atoms with van der Waals surface area (Å²) in [6.07, 6.45) is 1.02. The van der Waals surface area contributed by atoms with Crippen LogP contribution < -0.4 is 4.90 Å². The molecule has 3 aliphatic rings. The highest BCUT2D eigenvalue weighted by molar-refractivity contribution is 7.08. The number of ketones is 1. The van der Waals surface area contributed by atoms with E-state index in [1.165, 1.54) is 0 Å². The number of aliphatic hydroxyl groups excluding tert-OH is 1. The van der Waals surface area contributed by atoms with E-state index < -0.39 is 12.1 Å². The van der Waals surface area contributed by atoms with Gasteiger partial charge < -0.3 is 10.0 Å². The molecule has 118 valence electrons. The Kier molecular flexibility index (Phi) is 2.83. The fourth-order valence-corrected chi connectivity index (χ4v) is 3.95. The molecule has 1 aromatic heterocycles. The molecule has 24 heavy (non-hydrogen) atoms. The van der Waals surface area contributed by atoms with Gasteiger partial charge in [-0.3, -0.25) is 4.79 Å². The van der Waals surface area contributed by atoms with Gasteiger partial charge in [-0.2, -0.15) is 16.5 Å². The van der Waals surface area contributed by atoms with Crippen molar-refractivity contribution in [3.8, 4) is 0 Å². The average molecular weight is 336 g/mol. The number of benzene rings is 1. The van der Waals surface area contributed by atoms with Crippen LogP contribution in [0.15, 0.2) is 56.4 Å². The highest BCUT2D eigenvalue weighted by atomic mass is 32.1. The SMILES string of the molecule is O=C(c1ccc2c(c1)C1=CN=NC1=N2)C1C(O)CN1c1ccsc1. The molecule has 6 nitrogen and oxygen atoms in total. The Balaban J connectivity index is 1.47. The van der Waals surface area contributed by atoms with Crippen LogP contribution in [-0.2, 0) is 0 Å². The molecule has 5 rings (SSSR count). The molecule has 2 aromatic rings. The number of carbonyl (C=O) groups excluding carboxylic acids is 1. The normalized spacial score (nSPS) is 23.5. The molecule has 3 aliphatic heterocycles. The molecule has 2 unspecified atom stereocenters. The maximum atomic E-state index is 12.9. The van der Waals surface area contributed by atoms with Crippen molar-refractivity contribution >= 4 is 39.9 Å². The van der Waals surface area contributed by atoms with E-state index in [0.29, 0.717) is 17.9 Å². The zero-order valence-electron chi connectivity index (χ0n) is 12.5. The maximum absolute atomic E-state index is 12.9. The van der Waals surface area contributed by atoms with E-state index >= 15 is 0 Å². The summed E-state index contributed by atoms with van der Waals surface area (Å²) < 4.78 is 0. The molecule has 0 amide bonds. The summed E-state index contributed by atoms with van der Waals surface area (Å²) in [5.41, 5.74) is 4.07. The number of hydrogen-bond acceptors (Lipinski definition) is 7. The van der Waals surface area contributed by atoms with Crippen LogP contribution in [-0.4, -0.2) is 35.4 Å². The van der Waals surface area contributed by atoms with Crippen molar-refractivity contribution in [2.75, 3.05) is 11.4 Å². The van der Waals surface area contributed by atoms with Crippen LogP contribution in [0.2, 0.25) is 0 Å². The van der Waals surface area contributed by atoms with E-state index in [4.69, 9.17) is 0 Å².